The maximum Gasteiger partial charge on any atom is 0.0711 e. The van der Waals surface area contributed by atoms with E-state index in [4.69, 9.17) is 0 Å². The van der Waals surface area contributed by atoms with Gasteiger partial charge in [0.2, 0.25) is 0 Å². The average Bonchev–Trinajstić information content (AvgIpc) is 3.06. The fourth-order valence-electron chi connectivity index (χ4n) is 4.27. The van der Waals surface area contributed by atoms with E-state index in [1.165, 1.54) is 32.4 Å². The molecule has 1 aromatic rings. The van der Waals surface area contributed by atoms with Gasteiger partial charge in [-0.05, 0) is 59.2 Å². The van der Waals surface area contributed by atoms with Gasteiger partial charge in [-0.3, -0.25) is 14.9 Å². The van der Waals surface area contributed by atoms with Crippen molar-refractivity contribution in [2.75, 3.05) is 32.7 Å². The Morgan fingerprint density at radius 1 is 1.26 bits per heavy atom. The summed E-state index contributed by atoms with van der Waals surface area (Å²) in [6.07, 6.45) is 4.66. The molecule has 130 valence electrons. The molecule has 23 heavy (non-hydrogen) atoms. The second-order valence-corrected chi connectivity index (χ2v) is 8.13. The molecule has 0 radical (unpaired) electrons. The third kappa shape index (κ3) is 4.14. The number of nitrogens with zero attached hydrogens (tertiary/aromatic N) is 3. The molecule has 0 aromatic carbocycles. The Hall–Kier alpha value is -0.910. The lowest BCUT2D eigenvalue weighted by Crippen LogP contribution is -2.53. The Morgan fingerprint density at radius 2 is 2.00 bits per heavy atom. The topological polar surface area (TPSA) is 55.4 Å². The highest BCUT2D eigenvalue weighted by Gasteiger charge is 2.36. The van der Waals surface area contributed by atoms with Crippen LogP contribution in [0.2, 0.25) is 0 Å². The van der Waals surface area contributed by atoms with E-state index in [1.807, 2.05) is 6.92 Å². The van der Waals surface area contributed by atoms with Crippen LogP contribution in [0.4, 0.5) is 0 Å². The second-order valence-electron chi connectivity index (χ2n) is 8.13. The molecule has 0 spiro atoms. The van der Waals surface area contributed by atoms with Crippen molar-refractivity contribution in [1.82, 2.24) is 20.0 Å². The van der Waals surface area contributed by atoms with Crippen molar-refractivity contribution >= 4 is 0 Å². The average molecular weight is 320 g/mol. The van der Waals surface area contributed by atoms with Crippen LogP contribution in [-0.4, -0.2) is 69.5 Å². The van der Waals surface area contributed by atoms with E-state index in [2.05, 4.69) is 39.9 Å². The number of likely N-dealkylation sites (tertiary alicyclic amines) is 2. The molecular weight excluding hydrogens is 288 g/mol. The lowest BCUT2D eigenvalue weighted by Gasteiger charge is -2.43. The highest BCUT2D eigenvalue weighted by Crippen LogP contribution is 2.26. The predicted molar refractivity (Wildman–Crippen MR) is 92.5 cm³/mol. The summed E-state index contributed by atoms with van der Waals surface area (Å²) in [7, 11) is 0. The number of aliphatic hydroxyl groups excluding tert-OH is 1. The van der Waals surface area contributed by atoms with E-state index in [-0.39, 0.29) is 11.6 Å². The first-order valence-electron chi connectivity index (χ1n) is 9.10. The van der Waals surface area contributed by atoms with Gasteiger partial charge in [0, 0.05) is 36.8 Å². The summed E-state index contributed by atoms with van der Waals surface area (Å²) in [4.78, 5) is 5.08. The molecule has 0 saturated carbocycles. The number of aromatic amines is 1. The summed E-state index contributed by atoms with van der Waals surface area (Å²) in [5, 5.41) is 17.8. The summed E-state index contributed by atoms with van der Waals surface area (Å²) in [6.45, 7) is 12.0. The van der Waals surface area contributed by atoms with Crippen LogP contribution in [0.25, 0.3) is 0 Å². The van der Waals surface area contributed by atoms with Gasteiger partial charge in [0.15, 0.2) is 0 Å². The molecule has 5 heteroatoms. The Morgan fingerprint density at radius 3 is 2.65 bits per heavy atom. The number of hydrogen-bond acceptors (Lipinski definition) is 4. The molecule has 5 nitrogen and oxygen atoms in total. The maximum atomic E-state index is 10.4. The zero-order valence-corrected chi connectivity index (χ0v) is 14.9. The number of rotatable bonds is 5. The number of aromatic nitrogens is 2. The van der Waals surface area contributed by atoms with Crippen LogP contribution in [0.3, 0.4) is 0 Å². The summed E-state index contributed by atoms with van der Waals surface area (Å²) in [5.74, 6) is 0.301. The lowest BCUT2D eigenvalue weighted by molar-refractivity contribution is 0.0602. The molecule has 0 amide bonds. The number of nitrogens with one attached hydrogen (secondary N) is 1. The van der Waals surface area contributed by atoms with Crippen LogP contribution in [0.5, 0.6) is 0 Å². The molecule has 3 rings (SSSR count). The highest BCUT2D eigenvalue weighted by atomic mass is 16.3. The van der Waals surface area contributed by atoms with Gasteiger partial charge in [0.05, 0.1) is 11.8 Å². The zero-order chi connectivity index (χ0) is 16.4. The summed E-state index contributed by atoms with van der Waals surface area (Å²) in [5.41, 5.74) is 2.36. The zero-order valence-electron chi connectivity index (χ0n) is 14.9. The van der Waals surface area contributed by atoms with Crippen molar-refractivity contribution in [2.45, 2.75) is 58.1 Å². The van der Waals surface area contributed by atoms with Crippen molar-refractivity contribution in [3.8, 4) is 0 Å². The monoisotopic (exact) mass is 320 g/mol. The minimum Gasteiger partial charge on any atom is -0.391 e. The van der Waals surface area contributed by atoms with E-state index in [9.17, 15) is 5.11 Å². The molecular formula is C18H32N4O. The largest absolute Gasteiger partial charge is 0.391 e. The molecule has 2 N–H and O–H groups in total. The van der Waals surface area contributed by atoms with Crippen LogP contribution in [0, 0.1) is 12.8 Å². The highest BCUT2D eigenvalue weighted by molar-refractivity contribution is 5.09. The van der Waals surface area contributed by atoms with E-state index in [0.29, 0.717) is 5.92 Å². The van der Waals surface area contributed by atoms with Crippen LogP contribution < -0.4 is 0 Å². The molecule has 2 atom stereocenters. The van der Waals surface area contributed by atoms with Gasteiger partial charge in [-0.2, -0.15) is 5.10 Å². The first-order valence-corrected chi connectivity index (χ1v) is 9.10. The molecule has 1 aromatic heterocycles. The first-order chi connectivity index (χ1) is 10.9. The van der Waals surface area contributed by atoms with Gasteiger partial charge in [-0.25, -0.2) is 0 Å². The van der Waals surface area contributed by atoms with Crippen LogP contribution in [0.1, 0.15) is 44.5 Å². The molecule has 2 fully saturated rings. The van der Waals surface area contributed by atoms with Gasteiger partial charge in [-0.15, -0.1) is 0 Å². The summed E-state index contributed by atoms with van der Waals surface area (Å²) in [6, 6.07) is 2.09. The minimum absolute atomic E-state index is 0.192. The molecule has 0 unspecified atom stereocenters. The SMILES string of the molecule is Cc1cc(C[C@@H]2CN(CC(C)(C)N3CCCCC3)C[C@H]2O)n[nH]1. The van der Waals surface area contributed by atoms with Crippen LogP contribution >= 0.6 is 0 Å². The van der Waals surface area contributed by atoms with E-state index in [0.717, 1.165) is 37.4 Å². The number of hydrogen-bond donors (Lipinski definition) is 2. The Kier molecular flexibility index (Phi) is 5.09. The summed E-state index contributed by atoms with van der Waals surface area (Å²) < 4.78 is 0. The molecule has 0 bridgehead atoms. The lowest BCUT2D eigenvalue weighted by atomic mass is 9.97. The van der Waals surface area contributed by atoms with E-state index < -0.39 is 0 Å². The molecule has 2 aliphatic rings. The Balaban J connectivity index is 1.55. The number of aliphatic hydroxyl groups is 1. The van der Waals surface area contributed by atoms with E-state index >= 15 is 0 Å². The number of H-pyrrole nitrogens is 1. The molecule has 2 aliphatic heterocycles. The van der Waals surface area contributed by atoms with E-state index in [1.54, 1.807) is 0 Å². The molecule has 3 heterocycles. The van der Waals surface area contributed by atoms with Crippen molar-refractivity contribution in [3.63, 3.8) is 0 Å². The normalized spacial score (nSPS) is 27.7. The van der Waals surface area contributed by atoms with Gasteiger partial charge < -0.3 is 5.11 Å². The number of piperidine rings is 1. The fraction of sp³-hybridized carbons (Fsp3) is 0.833. The first kappa shape index (κ1) is 16.9. The second kappa shape index (κ2) is 6.91. The number of aryl methyl sites for hydroxylation is 1. The third-order valence-electron chi connectivity index (χ3n) is 5.54. The minimum atomic E-state index is -0.232. The van der Waals surface area contributed by atoms with Crippen molar-refractivity contribution < 1.29 is 5.11 Å². The molecule has 0 aliphatic carbocycles. The Labute approximate surface area is 140 Å². The third-order valence-corrected chi connectivity index (χ3v) is 5.54. The molecule has 2 saturated heterocycles. The predicted octanol–water partition coefficient (Wildman–Crippen LogP) is 1.82. The van der Waals surface area contributed by atoms with Gasteiger partial charge in [-0.1, -0.05) is 6.42 Å². The number of β-amino-alcohol motifs (C(OH)–C–C–N with tert-alkyl or cyclic N) is 1. The van der Waals surface area contributed by atoms with Crippen molar-refractivity contribution in [3.05, 3.63) is 17.5 Å². The smallest absolute Gasteiger partial charge is 0.0711 e. The van der Waals surface area contributed by atoms with Crippen LogP contribution in [-0.2, 0) is 6.42 Å². The van der Waals surface area contributed by atoms with Gasteiger partial charge in [0.25, 0.3) is 0 Å². The van der Waals surface area contributed by atoms with Crippen molar-refractivity contribution in [1.29, 1.82) is 0 Å². The quantitative estimate of drug-likeness (QED) is 0.869. The Bertz CT molecular complexity index is 507. The van der Waals surface area contributed by atoms with Crippen LogP contribution in [0.15, 0.2) is 6.07 Å². The summed E-state index contributed by atoms with van der Waals surface area (Å²) >= 11 is 0. The van der Waals surface area contributed by atoms with Crippen molar-refractivity contribution in [2.24, 2.45) is 5.92 Å². The van der Waals surface area contributed by atoms with Gasteiger partial charge >= 0.3 is 0 Å². The maximum absolute atomic E-state index is 10.4. The standard InChI is InChI=1S/C18H32N4O/c1-14-9-16(20-19-14)10-15-11-21(12-17(15)23)13-18(2,3)22-7-5-4-6-8-22/h9,15,17,23H,4-8,10-13H2,1-3H3,(H,19,20)/t15-,17-/m1/s1. The fourth-order valence-corrected chi connectivity index (χ4v) is 4.27. The van der Waals surface area contributed by atoms with Gasteiger partial charge in [0.1, 0.15) is 0 Å².